The molecular formula is C24H28F2N6O3S2. The van der Waals surface area contributed by atoms with Crippen molar-refractivity contribution >= 4 is 32.7 Å². The Morgan fingerprint density at radius 2 is 1.86 bits per heavy atom. The quantitative estimate of drug-likeness (QED) is 0.472. The third-order valence-corrected chi connectivity index (χ3v) is 10.7. The molecule has 1 spiro atoms. The van der Waals surface area contributed by atoms with Crippen LogP contribution in [0.3, 0.4) is 0 Å². The van der Waals surface area contributed by atoms with Crippen LogP contribution in [0.25, 0.3) is 16.1 Å². The summed E-state index contributed by atoms with van der Waals surface area (Å²) in [6.07, 6.45) is 2.68. The first kappa shape index (κ1) is 23.9. The van der Waals surface area contributed by atoms with E-state index in [-0.39, 0.29) is 21.2 Å². The molecule has 0 unspecified atom stereocenters. The van der Waals surface area contributed by atoms with Crippen molar-refractivity contribution in [2.24, 2.45) is 5.41 Å². The highest BCUT2D eigenvalue weighted by atomic mass is 32.2. The predicted octanol–water partition coefficient (Wildman–Crippen LogP) is 4.12. The molecule has 3 aromatic rings. The van der Waals surface area contributed by atoms with E-state index >= 15 is 0 Å². The first-order valence-corrected chi connectivity index (χ1v) is 15.0. The molecule has 13 heteroatoms. The number of rotatable bonds is 7. The summed E-state index contributed by atoms with van der Waals surface area (Å²) in [5, 5.41) is 12.7. The Kier molecular flexibility index (Phi) is 5.25. The van der Waals surface area contributed by atoms with Crippen LogP contribution >= 0.6 is 11.3 Å². The highest BCUT2D eigenvalue weighted by molar-refractivity contribution is 7.89. The van der Waals surface area contributed by atoms with Crippen molar-refractivity contribution in [3.05, 3.63) is 22.8 Å². The Labute approximate surface area is 217 Å². The maximum absolute atomic E-state index is 13.5. The van der Waals surface area contributed by atoms with Crippen molar-refractivity contribution in [1.82, 2.24) is 24.5 Å². The van der Waals surface area contributed by atoms with Crippen LogP contribution in [0.5, 0.6) is 0 Å². The van der Waals surface area contributed by atoms with E-state index in [1.807, 2.05) is 6.92 Å². The maximum Gasteiger partial charge on any atom is 0.291 e. The largest absolute Gasteiger partial charge is 0.380 e. The lowest BCUT2D eigenvalue weighted by Crippen LogP contribution is -2.51. The Balaban J connectivity index is 1.39. The minimum absolute atomic E-state index is 0.150. The lowest BCUT2D eigenvalue weighted by molar-refractivity contribution is -0.124. The smallest absolute Gasteiger partial charge is 0.291 e. The van der Waals surface area contributed by atoms with Gasteiger partial charge in [-0.25, -0.2) is 26.4 Å². The van der Waals surface area contributed by atoms with E-state index in [0.717, 1.165) is 81.9 Å². The number of nitrogens with one attached hydrogen (secondary N) is 1. The summed E-state index contributed by atoms with van der Waals surface area (Å²) in [6, 6.07) is 3.31. The molecule has 0 bridgehead atoms. The van der Waals surface area contributed by atoms with Gasteiger partial charge in [-0.2, -0.15) is 5.10 Å². The minimum Gasteiger partial charge on any atom is -0.380 e. The molecule has 2 aliphatic carbocycles. The van der Waals surface area contributed by atoms with Crippen LogP contribution in [0, 0.1) is 5.41 Å². The summed E-state index contributed by atoms with van der Waals surface area (Å²) in [5.41, 5.74) is 1.73. The number of sulfonamides is 1. The van der Waals surface area contributed by atoms with Crippen molar-refractivity contribution in [2.75, 3.05) is 31.2 Å². The number of halogens is 2. The second-order valence-electron chi connectivity index (χ2n) is 11.3. The van der Waals surface area contributed by atoms with Crippen LogP contribution in [0.15, 0.2) is 17.0 Å². The SMILES string of the molecule is CC1(NS(=O)(=O)c2cc(N3CCC4(CC3)COC4)n3nc(C4CC4)c(-c4nnc(C(F)F)s4)c3c2)CC1. The molecule has 2 saturated carbocycles. The lowest BCUT2D eigenvalue weighted by Gasteiger charge is -2.47. The number of ether oxygens (including phenoxy) is 1. The molecule has 7 rings (SSSR count). The van der Waals surface area contributed by atoms with Crippen molar-refractivity contribution in [1.29, 1.82) is 0 Å². The maximum atomic E-state index is 13.5. The molecule has 4 fully saturated rings. The predicted molar refractivity (Wildman–Crippen MR) is 134 cm³/mol. The van der Waals surface area contributed by atoms with Gasteiger partial charge < -0.3 is 9.64 Å². The zero-order chi connectivity index (χ0) is 25.6. The number of fused-ring (bicyclic) bond motifs is 1. The standard InChI is InChI=1S/C24H28F2N6O3S2/c1-23(4-5-23)30-37(33,34)15-10-16-18(21-27-28-22(36-21)20(25)26)19(14-2-3-14)29-32(16)17(11-15)31-8-6-24(7-9-31)12-35-13-24/h10-11,14,20,30H,2-9,12-13H2,1H3. The average molecular weight is 551 g/mol. The normalized spacial score (nSPS) is 22.6. The van der Waals surface area contributed by atoms with Crippen LogP contribution < -0.4 is 9.62 Å². The molecule has 0 atom stereocenters. The van der Waals surface area contributed by atoms with Gasteiger partial charge in [0.15, 0.2) is 10.0 Å². The summed E-state index contributed by atoms with van der Waals surface area (Å²) in [7, 11) is -3.82. The monoisotopic (exact) mass is 550 g/mol. The van der Waals surface area contributed by atoms with Gasteiger partial charge in [0.25, 0.3) is 6.43 Å². The van der Waals surface area contributed by atoms with Gasteiger partial charge in [-0.1, -0.05) is 11.3 Å². The molecule has 1 N–H and O–H groups in total. The number of aromatic nitrogens is 4. The average Bonchev–Trinajstić information content (AvgIpc) is 3.72. The van der Waals surface area contributed by atoms with Gasteiger partial charge in [-0.3, -0.25) is 0 Å². The molecule has 5 heterocycles. The zero-order valence-electron chi connectivity index (χ0n) is 20.4. The number of pyridine rings is 1. The number of hydrogen-bond donors (Lipinski definition) is 1. The van der Waals surface area contributed by atoms with Crippen LogP contribution in [0.2, 0.25) is 0 Å². The van der Waals surface area contributed by atoms with Gasteiger partial charge in [-0.15, -0.1) is 10.2 Å². The van der Waals surface area contributed by atoms with Crippen LogP contribution in [0.1, 0.15) is 68.5 Å². The van der Waals surface area contributed by atoms with Crippen LogP contribution in [0.4, 0.5) is 14.6 Å². The summed E-state index contributed by atoms with van der Waals surface area (Å²) in [6.45, 7) is 4.96. The Morgan fingerprint density at radius 3 is 2.43 bits per heavy atom. The molecule has 2 saturated heterocycles. The van der Waals surface area contributed by atoms with Crippen LogP contribution in [-0.4, -0.2) is 60.1 Å². The van der Waals surface area contributed by atoms with Crippen molar-refractivity contribution < 1.29 is 21.9 Å². The summed E-state index contributed by atoms with van der Waals surface area (Å²) < 4.78 is 63.9. The number of hydrogen-bond acceptors (Lipinski definition) is 8. The third kappa shape index (κ3) is 4.14. The second kappa shape index (κ2) is 8.14. The van der Waals surface area contributed by atoms with E-state index < -0.39 is 22.0 Å². The number of alkyl halides is 2. The Bertz CT molecular complexity index is 1480. The van der Waals surface area contributed by atoms with E-state index in [1.165, 1.54) is 0 Å². The van der Waals surface area contributed by atoms with Gasteiger partial charge >= 0.3 is 0 Å². The van der Waals surface area contributed by atoms with E-state index in [1.54, 1.807) is 16.6 Å². The molecule has 37 heavy (non-hydrogen) atoms. The third-order valence-electron chi connectivity index (χ3n) is 8.18. The summed E-state index contributed by atoms with van der Waals surface area (Å²) >= 11 is 0.840. The molecule has 0 aromatic carbocycles. The van der Waals surface area contributed by atoms with Crippen LogP contribution in [-0.2, 0) is 14.8 Å². The fourth-order valence-corrected chi connectivity index (χ4v) is 7.61. The zero-order valence-corrected chi connectivity index (χ0v) is 22.0. The highest BCUT2D eigenvalue weighted by Crippen LogP contribution is 2.48. The van der Waals surface area contributed by atoms with Crippen molar-refractivity contribution in [3.8, 4) is 10.6 Å². The van der Waals surface area contributed by atoms with Gasteiger partial charge in [0.05, 0.1) is 34.9 Å². The van der Waals surface area contributed by atoms with Gasteiger partial charge in [0.1, 0.15) is 5.82 Å². The van der Waals surface area contributed by atoms with Gasteiger partial charge in [0.2, 0.25) is 10.0 Å². The minimum atomic E-state index is -3.82. The van der Waals surface area contributed by atoms with Gasteiger partial charge in [0, 0.05) is 36.0 Å². The fourth-order valence-electron chi connectivity index (χ4n) is 5.35. The Morgan fingerprint density at radius 1 is 1.14 bits per heavy atom. The highest BCUT2D eigenvalue weighted by Gasteiger charge is 2.43. The van der Waals surface area contributed by atoms with E-state index in [4.69, 9.17) is 9.84 Å². The summed E-state index contributed by atoms with van der Waals surface area (Å²) in [4.78, 5) is 2.34. The first-order chi connectivity index (χ1) is 17.7. The molecule has 4 aliphatic rings. The number of piperidine rings is 1. The topological polar surface area (TPSA) is 102 Å². The molecule has 3 aromatic heterocycles. The molecular weight excluding hydrogens is 522 g/mol. The number of nitrogens with zero attached hydrogens (tertiary/aromatic N) is 5. The Hall–Kier alpha value is -2.22. The fraction of sp³-hybridized carbons (Fsp3) is 0.625. The van der Waals surface area contributed by atoms with Gasteiger partial charge in [-0.05, 0) is 51.5 Å². The second-order valence-corrected chi connectivity index (χ2v) is 14.0. The number of anilines is 1. The molecule has 0 amide bonds. The van der Waals surface area contributed by atoms with Crippen molar-refractivity contribution in [2.45, 2.75) is 68.2 Å². The van der Waals surface area contributed by atoms with Crippen molar-refractivity contribution in [3.63, 3.8) is 0 Å². The lowest BCUT2D eigenvalue weighted by atomic mass is 9.77. The van der Waals surface area contributed by atoms with E-state index in [2.05, 4.69) is 19.8 Å². The first-order valence-electron chi connectivity index (χ1n) is 12.7. The molecule has 2 aliphatic heterocycles. The molecule has 0 radical (unpaired) electrons. The van der Waals surface area contributed by atoms with E-state index in [9.17, 15) is 17.2 Å². The summed E-state index contributed by atoms with van der Waals surface area (Å²) in [5.74, 6) is 0.891. The van der Waals surface area contributed by atoms with E-state index in [0.29, 0.717) is 21.9 Å². The molecule has 198 valence electrons. The molecule has 9 nitrogen and oxygen atoms in total.